The number of nitrogens with zero attached hydrogens (tertiary/aromatic N) is 1. The Morgan fingerprint density at radius 3 is 1.44 bits per heavy atom. The van der Waals surface area contributed by atoms with Crippen LogP contribution in [-0.2, 0) is 9.47 Å². The van der Waals surface area contributed by atoms with Crippen molar-refractivity contribution in [1.82, 2.24) is 0 Å². The lowest BCUT2D eigenvalue weighted by Gasteiger charge is -2.26. The average molecular weight is 431 g/mol. The molecule has 0 saturated heterocycles. The molecule has 0 spiro atoms. The fraction of sp³-hybridized carbons (Fsp3) is 0.192. The molecule has 0 saturated carbocycles. The third kappa shape index (κ3) is 5.21. The van der Waals surface area contributed by atoms with Gasteiger partial charge >= 0.3 is 11.9 Å². The standard InChI is InChI=1S/C26H26N2O4/c1-4-31-25(29)20-10-14-22(15-11-20)28(24(27)19-8-6-18(3)7-9-19)23-16-12-21(13-17-23)26(30)32-5-2/h6-17,27H,4-5H2,1-3H3. The third-order valence-electron chi connectivity index (χ3n) is 4.82. The Balaban J connectivity index is 2.00. The number of carbonyl (C=O) groups is 2. The van der Waals surface area contributed by atoms with E-state index >= 15 is 0 Å². The number of ether oxygens (including phenoxy) is 2. The summed E-state index contributed by atoms with van der Waals surface area (Å²) in [5.74, 6) is -0.520. The second-order valence-electron chi connectivity index (χ2n) is 7.08. The molecule has 0 radical (unpaired) electrons. The zero-order valence-corrected chi connectivity index (χ0v) is 18.4. The van der Waals surface area contributed by atoms with E-state index in [-0.39, 0.29) is 5.84 Å². The van der Waals surface area contributed by atoms with Gasteiger partial charge in [0.25, 0.3) is 0 Å². The van der Waals surface area contributed by atoms with E-state index in [1.54, 1.807) is 67.3 Å². The van der Waals surface area contributed by atoms with Crippen LogP contribution in [0.5, 0.6) is 0 Å². The fourth-order valence-electron chi connectivity index (χ4n) is 3.17. The van der Waals surface area contributed by atoms with E-state index in [2.05, 4.69) is 0 Å². The summed E-state index contributed by atoms with van der Waals surface area (Å²) in [5.41, 5.74) is 4.12. The van der Waals surface area contributed by atoms with Crippen LogP contribution in [0, 0.1) is 12.3 Å². The molecular weight excluding hydrogens is 404 g/mol. The molecule has 6 heteroatoms. The fourth-order valence-corrected chi connectivity index (χ4v) is 3.17. The van der Waals surface area contributed by atoms with Gasteiger partial charge in [-0.25, -0.2) is 9.59 Å². The monoisotopic (exact) mass is 430 g/mol. The zero-order valence-electron chi connectivity index (χ0n) is 18.4. The minimum Gasteiger partial charge on any atom is -0.462 e. The van der Waals surface area contributed by atoms with Gasteiger partial charge in [0, 0.05) is 16.9 Å². The number of esters is 2. The molecule has 3 rings (SSSR count). The van der Waals surface area contributed by atoms with Gasteiger partial charge in [0.1, 0.15) is 5.84 Å². The normalized spacial score (nSPS) is 10.3. The average Bonchev–Trinajstić information content (AvgIpc) is 2.81. The van der Waals surface area contributed by atoms with Crippen molar-refractivity contribution in [1.29, 1.82) is 5.41 Å². The van der Waals surface area contributed by atoms with Crippen LogP contribution in [0.3, 0.4) is 0 Å². The summed E-state index contributed by atoms with van der Waals surface area (Å²) in [4.78, 5) is 25.8. The first kappa shape index (κ1) is 22.7. The van der Waals surface area contributed by atoms with Gasteiger partial charge in [-0.3, -0.25) is 10.3 Å². The summed E-state index contributed by atoms with van der Waals surface area (Å²) in [6.45, 7) is 6.12. The molecule has 0 heterocycles. The predicted octanol–water partition coefficient (Wildman–Crippen LogP) is 5.51. The number of anilines is 2. The summed E-state index contributed by atoms with van der Waals surface area (Å²) in [6.07, 6.45) is 0. The van der Waals surface area contributed by atoms with Gasteiger partial charge in [0.2, 0.25) is 0 Å². The second-order valence-corrected chi connectivity index (χ2v) is 7.08. The zero-order chi connectivity index (χ0) is 23.1. The number of rotatable bonds is 7. The van der Waals surface area contributed by atoms with Gasteiger partial charge in [-0.2, -0.15) is 0 Å². The molecule has 0 aliphatic carbocycles. The van der Waals surface area contributed by atoms with E-state index in [0.29, 0.717) is 35.7 Å². The van der Waals surface area contributed by atoms with Crippen LogP contribution in [0.25, 0.3) is 0 Å². The molecule has 0 bridgehead atoms. The third-order valence-corrected chi connectivity index (χ3v) is 4.82. The summed E-state index contributed by atoms with van der Waals surface area (Å²) in [6, 6.07) is 21.5. The van der Waals surface area contributed by atoms with Crippen LogP contribution < -0.4 is 4.90 Å². The molecule has 32 heavy (non-hydrogen) atoms. The molecule has 0 aliphatic heterocycles. The number of amidine groups is 1. The van der Waals surface area contributed by atoms with Gasteiger partial charge in [0.05, 0.1) is 24.3 Å². The number of hydrogen-bond acceptors (Lipinski definition) is 5. The predicted molar refractivity (Wildman–Crippen MR) is 125 cm³/mol. The first-order valence-corrected chi connectivity index (χ1v) is 10.4. The smallest absolute Gasteiger partial charge is 0.338 e. The van der Waals surface area contributed by atoms with Crippen molar-refractivity contribution in [2.45, 2.75) is 20.8 Å². The molecule has 0 amide bonds. The maximum Gasteiger partial charge on any atom is 0.338 e. The molecule has 0 unspecified atom stereocenters. The molecule has 0 atom stereocenters. The van der Waals surface area contributed by atoms with E-state index < -0.39 is 11.9 Å². The molecule has 0 aliphatic rings. The molecule has 3 aromatic carbocycles. The van der Waals surface area contributed by atoms with Crippen molar-refractivity contribution in [2.24, 2.45) is 0 Å². The highest BCUT2D eigenvalue weighted by Gasteiger charge is 2.18. The Kier molecular flexibility index (Phi) is 7.39. The first-order valence-electron chi connectivity index (χ1n) is 10.4. The van der Waals surface area contributed by atoms with Gasteiger partial charge in [-0.05, 0) is 69.3 Å². The summed E-state index contributed by atoms with van der Waals surface area (Å²) in [5, 5.41) is 8.88. The minimum absolute atomic E-state index is 0.262. The quantitative estimate of drug-likeness (QED) is 0.304. The Morgan fingerprint density at radius 1 is 0.688 bits per heavy atom. The van der Waals surface area contributed by atoms with Crippen molar-refractivity contribution in [2.75, 3.05) is 18.1 Å². The topological polar surface area (TPSA) is 79.7 Å². The molecule has 0 fully saturated rings. The molecule has 0 aromatic heterocycles. The number of nitrogens with one attached hydrogen (secondary N) is 1. The number of carbonyl (C=O) groups excluding carboxylic acids is 2. The molecule has 1 N–H and O–H groups in total. The van der Waals surface area contributed by atoms with Gasteiger partial charge < -0.3 is 9.47 Å². The molecule has 6 nitrogen and oxygen atoms in total. The van der Waals surface area contributed by atoms with Gasteiger partial charge in [0.15, 0.2) is 0 Å². The lowest BCUT2D eigenvalue weighted by molar-refractivity contribution is 0.0517. The van der Waals surface area contributed by atoms with Gasteiger partial charge in [-0.15, -0.1) is 0 Å². The Labute approximate surface area is 187 Å². The van der Waals surface area contributed by atoms with Crippen LogP contribution in [0.1, 0.15) is 45.7 Å². The lowest BCUT2D eigenvalue weighted by atomic mass is 10.1. The number of aryl methyl sites for hydroxylation is 1. The SMILES string of the molecule is CCOC(=O)c1ccc(N(C(=N)c2ccc(C)cc2)c2ccc(C(=O)OCC)cc2)cc1. The van der Waals surface area contributed by atoms with Crippen molar-refractivity contribution < 1.29 is 19.1 Å². The van der Waals surface area contributed by atoms with E-state index in [4.69, 9.17) is 14.9 Å². The lowest BCUT2D eigenvalue weighted by Crippen LogP contribution is -2.26. The number of benzene rings is 3. The van der Waals surface area contributed by atoms with Crippen LogP contribution in [0.4, 0.5) is 11.4 Å². The van der Waals surface area contributed by atoms with Crippen LogP contribution >= 0.6 is 0 Å². The minimum atomic E-state index is -0.391. The highest BCUT2D eigenvalue weighted by Crippen LogP contribution is 2.29. The van der Waals surface area contributed by atoms with Crippen molar-refractivity contribution in [3.63, 3.8) is 0 Å². The molecular formula is C26H26N2O4. The maximum absolute atomic E-state index is 12.0. The summed E-state index contributed by atoms with van der Waals surface area (Å²) >= 11 is 0. The largest absolute Gasteiger partial charge is 0.462 e. The van der Waals surface area contributed by atoms with Gasteiger partial charge in [-0.1, -0.05) is 29.8 Å². The first-order chi connectivity index (χ1) is 15.4. The summed E-state index contributed by atoms with van der Waals surface area (Å²) < 4.78 is 10.1. The highest BCUT2D eigenvalue weighted by atomic mass is 16.5. The maximum atomic E-state index is 12.0. The van der Waals surface area contributed by atoms with E-state index in [0.717, 1.165) is 11.1 Å². The van der Waals surface area contributed by atoms with Crippen LogP contribution in [0.2, 0.25) is 0 Å². The Bertz CT molecular complexity index is 1030. The number of hydrogen-bond donors (Lipinski definition) is 1. The van der Waals surface area contributed by atoms with Crippen molar-refractivity contribution in [3.05, 3.63) is 95.1 Å². The van der Waals surface area contributed by atoms with Crippen molar-refractivity contribution >= 4 is 29.1 Å². The Morgan fingerprint density at radius 2 is 1.06 bits per heavy atom. The molecule has 3 aromatic rings. The van der Waals surface area contributed by atoms with Crippen LogP contribution in [-0.4, -0.2) is 31.0 Å². The van der Waals surface area contributed by atoms with Crippen LogP contribution in [0.15, 0.2) is 72.8 Å². The van der Waals surface area contributed by atoms with E-state index in [9.17, 15) is 9.59 Å². The Hall–Kier alpha value is -3.93. The molecule has 164 valence electrons. The van der Waals surface area contributed by atoms with Crippen molar-refractivity contribution in [3.8, 4) is 0 Å². The highest BCUT2D eigenvalue weighted by molar-refractivity contribution is 6.12. The van der Waals surface area contributed by atoms with E-state index in [1.807, 2.05) is 31.2 Å². The summed E-state index contributed by atoms with van der Waals surface area (Å²) in [7, 11) is 0. The second kappa shape index (κ2) is 10.4. The van der Waals surface area contributed by atoms with E-state index in [1.165, 1.54) is 0 Å².